The predicted octanol–water partition coefficient (Wildman–Crippen LogP) is 2.38. The van der Waals surface area contributed by atoms with Crippen LogP contribution in [0.5, 0.6) is 0 Å². The van der Waals surface area contributed by atoms with Crippen molar-refractivity contribution in [1.29, 1.82) is 0 Å². The number of hydrogen-bond acceptors (Lipinski definition) is 3. The van der Waals surface area contributed by atoms with E-state index in [1.165, 1.54) is 5.56 Å². The molecule has 2 rings (SSSR count). The maximum Gasteiger partial charge on any atom is 0.221 e. The van der Waals surface area contributed by atoms with Gasteiger partial charge in [0, 0.05) is 26.2 Å². The summed E-state index contributed by atoms with van der Waals surface area (Å²) in [6, 6.07) is 10.9. The van der Waals surface area contributed by atoms with E-state index in [4.69, 9.17) is 5.73 Å². The Morgan fingerprint density at radius 1 is 1.36 bits per heavy atom. The summed E-state index contributed by atoms with van der Waals surface area (Å²) >= 11 is 0. The highest BCUT2D eigenvalue weighted by Crippen LogP contribution is 2.15. The first kappa shape index (κ1) is 24.7. The van der Waals surface area contributed by atoms with Gasteiger partial charge in [0.15, 0.2) is 5.96 Å². The zero-order chi connectivity index (χ0) is 19.5. The minimum atomic E-state index is -0.160. The summed E-state index contributed by atoms with van der Waals surface area (Å²) in [4.78, 5) is 18.0. The van der Waals surface area contributed by atoms with Crippen molar-refractivity contribution in [1.82, 2.24) is 15.5 Å². The van der Waals surface area contributed by atoms with Crippen molar-refractivity contribution in [3.63, 3.8) is 0 Å². The van der Waals surface area contributed by atoms with Gasteiger partial charge in [0.25, 0.3) is 0 Å². The number of amides is 1. The molecule has 2 atom stereocenters. The molecule has 0 radical (unpaired) electrons. The lowest BCUT2D eigenvalue weighted by Crippen LogP contribution is -2.44. The lowest BCUT2D eigenvalue weighted by Gasteiger charge is -2.31. The lowest BCUT2D eigenvalue weighted by molar-refractivity contribution is -0.123. The lowest BCUT2D eigenvalue weighted by atomic mass is 9.97. The van der Waals surface area contributed by atoms with Crippen molar-refractivity contribution >= 4 is 35.8 Å². The number of aliphatic imine (C=N–C) groups is 1. The molecule has 1 amide bonds. The highest BCUT2D eigenvalue weighted by Gasteiger charge is 2.23. The van der Waals surface area contributed by atoms with Gasteiger partial charge in [0.05, 0.1) is 5.92 Å². The molecule has 4 N–H and O–H groups in total. The average Bonchev–Trinajstić information content (AvgIpc) is 2.69. The van der Waals surface area contributed by atoms with Gasteiger partial charge in [-0.05, 0) is 57.7 Å². The zero-order valence-corrected chi connectivity index (χ0v) is 19.5. The number of piperidine rings is 1. The maximum absolute atomic E-state index is 11.4. The molecule has 28 heavy (non-hydrogen) atoms. The summed E-state index contributed by atoms with van der Waals surface area (Å²) in [6.07, 6.45) is 5.13. The van der Waals surface area contributed by atoms with Gasteiger partial charge in [-0.15, -0.1) is 24.0 Å². The molecule has 0 spiro atoms. The number of hydrogen-bond donors (Lipinski definition) is 3. The number of carbonyl (C=O) groups is 1. The van der Waals surface area contributed by atoms with Crippen molar-refractivity contribution in [3.05, 3.63) is 35.9 Å². The van der Waals surface area contributed by atoms with Crippen LogP contribution >= 0.6 is 24.0 Å². The fourth-order valence-electron chi connectivity index (χ4n) is 3.53. The summed E-state index contributed by atoms with van der Waals surface area (Å²) < 4.78 is 0. The van der Waals surface area contributed by atoms with Crippen LogP contribution in [0.25, 0.3) is 0 Å². The number of primary amides is 1. The Morgan fingerprint density at radius 3 is 2.79 bits per heavy atom. The smallest absolute Gasteiger partial charge is 0.221 e. The number of likely N-dealkylation sites (tertiary alicyclic amines) is 1. The molecule has 7 heteroatoms. The first-order chi connectivity index (χ1) is 13.1. The minimum absolute atomic E-state index is 0. The standard InChI is InChI=1S/C21H35N5O.HI/c1-17(11-12-18-8-4-3-5-9-18)25-21(23-2)24-13-7-15-26-14-6-10-19(16-26)20(22)27;/h3-5,8-9,17,19H,6-7,10-16H2,1-2H3,(H2,22,27)(H2,23,24,25);1H. The van der Waals surface area contributed by atoms with Gasteiger partial charge in [0.2, 0.25) is 5.91 Å². The van der Waals surface area contributed by atoms with Crippen molar-refractivity contribution < 1.29 is 4.79 Å². The molecule has 158 valence electrons. The van der Waals surface area contributed by atoms with E-state index in [0.717, 1.165) is 64.2 Å². The normalized spacial score (nSPS) is 18.8. The number of aryl methyl sites for hydroxylation is 1. The molecule has 2 unspecified atom stereocenters. The van der Waals surface area contributed by atoms with Crippen LogP contribution in [0.15, 0.2) is 35.3 Å². The van der Waals surface area contributed by atoms with Crippen LogP contribution in [0.1, 0.15) is 38.2 Å². The second kappa shape index (κ2) is 13.8. The van der Waals surface area contributed by atoms with Gasteiger partial charge in [-0.25, -0.2) is 0 Å². The third-order valence-electron chi connectivity index (χ3n) is 5.17. The summed E-state index contributed by atoms with van der Waals surface area (Å²) in [6.45, 7) is 5.90. The molecular formula is C21H36IN5O. The zero-order valence-electron chi connectivity index (χ0n) is 17.2. The Kier molecular flexibility index (Phi) is 12.1. The first-order valence-electron chi connectivity index (χ1n) is 10.1. The molecule has 1 saturated heterocycles. The quantitative estimate of drug-likeness (QED) is 0.210. The summed E-state index contributed by atoms with van der Waals surface area (Å²) in [5.74, 6) is 0.711. The van der Waals surface area contributed by atoms with Crippen LogP contribution in [0.4, 0.5) is 0 Å². The minimum Gasteiger partial charge on any atom is -0.369 e. The van der Waals surface area contributed by atoms with Crippen molar-refractivity contribution in [2.45, 2.75) is 45.1 Å². The van der Waals surface area contributed by atoms with Gasteiger partial charge in [0.1, 0.15) is 0 Å². The molecule has 6 nitrogen and oxygen atoms in total. The van der Waals surface area contributed by atoms with E-state index in [9.17, 15) is 4.79 Å². The van der Waals surface area contributed by atoms with E-state index >= 15 is 0 Å². The fourth-order valence-corrected chi connectivity index (χ4v) is 3.53. The molecule has 1 aliphatic heterocycles. The molecule has 1 aromatic rings. The second-order valence-corrected chi connectivity index (χ2v) is 7.46. The van der Waals surface area contributed by atoms with E-state index < -0.39 is 0 Å². The molecular weight excluding hydrogens is 465 g/mol. The largest absolute Gasteiger partial charge is 0.369 e. The Labute approximate surface area is 186 Å². The number of nitrogens with two attached hydrogens (primary N) is 1. The first-order valence-corrected chi connectivity index (χ1v) is 10.1. The van der Waals surface area contributed by atoms with E-state index in [1.807, 2.05) is 0 Å². The monoisotopic (exact) mass is 501 g/mol. The highest BCUT2D eigenvalue weighted by atomic mass is 127. The highest BCUT2D eigenvalue weighted by molar-refractivity contribution is 14.0. The number of benzene rings is 1. The Hall–Kier alpha value is -1.35. The topological polar surface area (TPSA) is 82.8 Å². The average molecular weight is 501 g/mol. The molecule has 0 saturated carbocycles. The van der Waals surface area contributed by atoms with Crippen LogP contribution in [0.3, 0.4) is 0 Å². The third kappa shape index (κ3) is 9.23. The molecule has 0 bridgehead atoms. The molecule has 1 fully saturated rings. The van der Waals surface area contributed by atoms with E-state index in [1.54, 1.807) is 7.05 Å². The molecule has 1 aliphatic rings. The molecule has 0 aliphatic carbocycles. The SMILES string of the molecule is CN=C(NCCCN1CCCC(C(N)=O)C1)NC(C)CCc1ccccc1.I. The summed E-state index contributed by atoms with van der Waals surface area (Å²) in [7, 11) is 1.81. The maximum atomic E-state index is 11.4. The van der Waals surface area contributed by atoms with Gasteiger partial charge < -0.3 is 21.3 Å². The molecule has 0 aromatic heterocycles. The Morgan fingerprint density at radius 2 is 2.11 bits per heavy atom. The summed E-state index contributed by atoms with van der Waals surface area (Å²) in [5, 5.41) is 6.85. The number of halogens is 1. The van der Waals surface area contributed by atoms with E-state index in [2.05, 4.69) is 57.8 Å². The Balaban J connectivity index is 0.00000392. The molecule has 1 aromatic carbocycles. The van der Waals surface area contributed by atoms with Crippen LogP contribution in [-0.2, 0) is 11.2 Å². The number of nitrogens with zero attached hydrogens (tertiary/aromatic N) is 2. The number of rotatable bonds is 9. The third-order valence-corrected chi connectivity index (χ3v) is 5.17. The predicted molar refractivity (Wildman–Crippen MR) is 127 cm³/mol. The van der Waals surface area contributed by atoms with Crippen molar-refractivity contribution in [2.75, 3.05) is 33.2 Å². The Bertz CT molecular complexity index is 596. The van der Waals surface area contributed by atoms with Gasteiger partial charge >= 0.3 is 0 Å². The molecule has 1 heterocycles. The van der Waals surface area contributed by atoms with Gasteiger partial charge in [-0.2, -0.15) is 0 Å². The fraction of sp³-hybridized carbons (Fsp3) is 0.619. The van der Waals surface area contributed by atoms with E-state index in [-0.39, 0.29) is 35.8 Å². The van der Waals surface area contributed by atoms with E-state index in [0.29, 0.717) is 6.04 Å². The number of guanidine groups is 1. The second-order valence-electron chi connectivity index (χ2n) is 7.46. The number of nitrogens with one attached hydrogen (secondary N) is 2. The van der Waals surface area contributed by atoms with Crippen LogP contribution < -0.4 is 16.4 Å². The van der Waals surface area contributed by atoms with Crippen molar-refractivity contribution in [2.24, 2.45) is 16.6 Å². The van der Waals surface area contributed by atoms with Gasteiger partial charge in [-0.1, -0.05) is 30.3 Å². The summed E-state index contributed by atoms with van der Waals surface area (Å²) in [5.41, 5.74) is 6.81. The van der Waals surface area contributed by atoms with Crippen molar-refractivity contribution in [3.8, 4) is 0 Å². The van der Waals surface area contributed by atoms with Crippen LogP contribution in [0.2, 0.25) is 0 Å². The number of carbonyl (C=O) groups excluding carboxylic acids is 1. The van der Waals surface area contributed by atoms with Crippen LogP contribution in [0, 0.1) is 5.92 Å². The van der Waals surface area contributed by atoms with Crippen LogP contribution in [-0.4, -0.2) is 56.0 Å². The van der Waals surface area contributed by atoms with Gasteiger partial charge in [-0.3, -0.25) is 9.79 Å².